The van der Waals surface area contributed by atoms with Crippen LogP contribution in [0.25, 0.3) is 22.2 Å². The van der Waals surface area contributed by atoms with E-state index >= 15 is 0 Å². The fourth-order valence-electron chi connectivity index (χ4n) is 2.35. The summed E-state index contributed by atoms with van der Waals surface area (Å²) < 4.78 is 2.31. The van der Waals surface area contributed by atoms with E-state index in [9.17, 15) is 14.7 Å². The van der Waals surface area contributed by atoms with Crippen molar-refractivity contribution in [1.29, 1.82) is 0 Å². The molecule has 108 valence electrons. The highest BCUT2D eigenvalue weighted by Crippen LogP contribution is 2.18. The van der Waals surface area contributed by atoms with Gasteiger partial charge in [0.2, 0.25) is 0 Å². The molecule has 0 radical (unpaired) electrons. The lowest BCUT2D eigenvalue weighted by Gasteiger charge is -2.09. The third kappa shape index (κ3) is 1.85. The van der Waals surface area contributed by atoms with Crippen molar-refractivity contribution >= 4 is 22.2 Å². The van der Waals surface area contributed by atoms with Crippen molar-refractivity contribution in [3.05, 3.63) is 44.1 Å². The number of nitrogens with zero attached hydrogens (tertiary/aromatic N) is 4. The first-order valence-corrected chi connectivity index (χ1v) is 6.42. The van der Waals surface area contributed by atoms with Crippen LogP contribution in [0, 0.1) is 6.92 Å². The molecule has 0 unspecified atom stereocenters. The molecule has 1 aromatic carbocycles. The average Bonchev–Trinajstić information content (AvgIpc) is 2.48. The highest BCUT2D eigenvalue weighted by Gasteiger charge is 2.13. The van der Waals surface area contributed by atoms with Crippen molar-refractivity contribution in [3.8, 4) is 0 Å². The molecule has 0 atom stereocenters. The molecule has 3 aromatic rings. The zero-order chi connectivity index (χ0) is 15.3. The molecule has 3 rings (SSSR count). The first-order valence-electron chi connectivity index (χ1n) is 6.42. The molecule has 1 N–H and O–H groups in total. The minimum absolute atomic E-state index is 0.100. The fraction of sp³-hybridized carbons (Fsp3) is 0.286. The second kappa shape index (κ2) is 4.49. The Labute approximate surface area is 119 Å². The van der Waals surface area contributed by atoms with Crippen molar-refractivity contribution in [3.63, 3.8) is 0 Å². The van der Waals surface area contributed by atoms with Crippen molar-refractivity contribution in [2.75, 3.05) is 0 Å². The van der Waals surface area contributed by atoms with E-state index in [1.165, 1.54) is 11.6 Å². The number of aromatic nitrogens is 4. The Morgan fingerprint density at radius 2 is 1.76 bits per heavy atom. The molecule has 0 saturated heterocycles. The number of rotatable bonds is 1. The topological polar surface area (TPSA) is 90.0 Å². The van der Waals surface area contributed by atoms with Gasteiger partial charge in [-0.05, 0) is 30.2 Å². The summed E-state index contributed by atoms with van der Waals surface area (Å²) in [5, 5.41) is 9.31. The second-order valence-corrected chi connectivity index (χ2v) is 5.03. The number of hydrogen-bond acceptors (Lipinski definition) is 5. The van der Waals surface area contributed by atoms with Crippen LogP contribution in [0.5, 0.6) is 0 Å². The molecule has 2 aromatic heterocycles. The maximum Gasteiger partial charge on any atom is 0.332 e. The van der Waals surface area contributed by atoms with E-state index in [1.54, 1.807) is 19.2 Å². The van der Waals surface area contributed by atoms with E-state index in [4.69, 9.17) is 0 Å². The van der Waals surface area contributed by atoms with Gasteiger partial charge in [0, 0.05) is 14.1 Å². The van der Waals surface area contributed by atoms with Gasteiger partial charge < -0.3 is 5.11 Å². The first kappa shape index (κ1) is 13.4. The van der Waals surface area contributed by atoms with Crippen LogP contribution in [0.4, 0.5) is 0 Å². The van der Waals surface area contributed by atoms with E-state index in [1.807, 2.05) is 6.92 Å². The Kier molecular flexibility index (Phi) is 2.87. The predicted molar refractivity (Wildman–Crippen MR) is 78.2 cm³/mol. The van der Waals surface area contributed by atoms with Crippen LogP contribution in [-0.4, -0.2) is 24.2 Å². The molecule has 0 fully saturated rings. The lowest BCUT2D eigenvalue weighted by atomic mass is 10.1. The molecule has 0 aliphatic rings. The van der Waals surface area contributed by atoms with Gasteiger partial charge in [-0.25, -0.2) is 14.8 Å². The number of aryl methyl sites for hydroxylation is 2. The van der Waals surface area contributed by atoms with Crippen molar-refractivity contribution in [2.45, 2.75) is 13.5 Å². The summed E-state index contributed by atoms with van der Waals surface area (Å²) in [6, 6.07) is 3.50. The van der Waals surface area contributed by atoms with Gasteiger partial charge in [0.1, 0.15) is 0 Å². The van der Waals surface area contributed by atoms with Gasteiger partial charge in [0.15, 0.2) is 11.2 Å². The smallest absolute Gasteiger partial charge is 0.332 e. The Bertz CT molecular complexity index is 1000. The fourth-order valence-corrected chi connectivity index (χ4v) is 2.35. The summed E-state index contributed by atoms with van der Waals surface area (Å²) in [5.41, 5.74) is 2.20. The SMILES string of the molecule is Cc1cc2nc3c(=O)n(C)c(=O)n(C)c3nc2cc1CO. The average molecular weight is 286 g/mol. The summed E-state index contributed by atoms with van der Waals surface area (Å²) >= 11 is 0. The van der Waals surface area contributed by atoms with E-state index in [0.29, 0.717) is 11.0 Å². The molecular weight excluding hydrogens is 272 g/mol. The highest BCUT2D eigenvalue weighted by molar-refractivity contribution is 5.85. The minimum atomic E-state index is -0.466. The summed E-state index contributed by atoms with van der Waals surface area (Å²) in [7, 11) is 2.96. The van der Waals surface area contributed by atoms with Crippen LogP contribution < -0.4 is 11.2 Å². The Hall–Kier alpha value is -2.54. The van der Waals surface area contributed by atoms with Crippen LogP contribution in [0.1, 0.15) is 11.1 Å². The minimum Gasteiger partial charge on any atom is -0.392 e. The van der Waals surface area contributed by atoms with Gasteiger partial charge in [0.25, 0.3) is 5.56 Å². The molecule has 7 nitrogen and oxygen atoms in total. The summed E-state index contributed by atoms with van der Waals surface area (Å²) in [4.78, 5) is 32.8. The van der Waals surface area contributed by atoms with Crippen molar-refractivity contribution in [1.82, 2.24) is 19.1 Å². The van der Waals surface area contributed by atoms with Crippen molar-refractivity contribution < 1.29 is 5.11 Å². The molecule has 0 bridgehead atoms. The van der Waals surface area contributed by atoms with Gasteiger partial charge in [-0.15, -0.1) is 0 Å². The Morgan fingerprint density at radius 3 is 2.43 bits per heavy atom. The van der Waals surface area contributed by atoms with Gasteiger partial charge in [0.05, 0.1) is 17.6 Å². The number of aliphatic hydroxyl groups is 1. The number of benzene rings is 1. The molecule has 0 amide bonds. The van der Waals surface area contributed by atoms with Crippen molar-refractivity contribution in [2.24, 2.45) is 14.1 Å². The zero-order valence-electron chi connectivity index (χ0n) is 11.9. The van der Waals surface area contributed by atoms with Crippen LogP contribution in [0.15, 0.2) is 21.7 Å². The monoisotopic (exact) mass is 286 g/mol. The summed E-state index contributed by atoms with van der Waals surface area (Å²) in [6.45, 7) is 1.76. The third-order valence-corrected chi connectivity index (χ3v) is 3.67. The largest absolute Gasteiger partial charge is 0.392 e. The van der Waals surface area contributed by atoms with Gasteiger partial charge in [-0.1, -0.05) is 0 Å². The van der Waals surface area contributed by atoms with E-state index in [0.717, 1.165) is 15.7 Å². The van der Waals surface area contributed by atoms with Crippen LogP contribution in [-0.2, 0) is 20.7 Å². The zero-order valence-corrected chi connectivity index (χ0v) is 11.9. The van der Waals surface area contributed by atoms with Gasteiger partial charge in [-0.3, -0.25) is 13.9 Å². The summed E-state index contributed by atoms with van der Waals surface area (Å²) in [6.07, 6.45) is 0. The molecule has 2 heterocycles. The number of fused-ring (bicyclic) bond motifs is 2. The Balaban J connectivity index is 2.55. The molecule has 0 spiro atoms. The predicted octanol–water partition coefficient (Wildman–Crippen LogP) is -0.0189. The van der Waals surface area contributed by atoms with Crippen LogP contribution in [0.2, 0.25) is 0 Å². The molecule has 0 aliphatic carbocycles. The normalized spacial score (nSPS) is 11.4. The van der Waals surface area contributed by atoms with Crippen LogP contribution >= 0.6 is 0 Å². The quantitative estimate of drug-likeness (QED) is 0.635. The Morgan fingerprint density at radius 1 is 1.10 bits per heavy atom. The second-order valence-electron chi connectivity index (χ2n) is 5.03. The highest BCUT2D eigenvalue weighted by atomic mass is 16.3. The summed E-state index contributed by atoms with van der Waals surface area (Å²) in [5.74, 6) is 0. The standard InChI is InChI=1S/C14H14N4O3/c1-7-4-9-10(5-8(7)6-19)16-12-11(15-9)13(20)18(3)14(21)17(12)2/h4-5,19H,6H2,1-3H3. The third-order valence-electron chi connectivity index (χ3n) is 3.67. The maximum absolute atomic E-state index is 12.2. The van der Waals surface area contributed by atoms with Gasteiger partial charge in [-0.2, -0.15) is 0 Å². The van der Waals surface area contributed by atoms with E-state index < -0.39 is 11.2 Å². The number of hydrogen-bond donors (Lipinski definition) is 1. The molecule has 0 saturated carbocycles. The van der Waals surface area contributed by atoms with Crippen LogP contribution in [0.3, 0.4) is 0 Å². The molecule has 21 heavy (non-hydrogen) atoms. The molecule has 7 heteroatoms. The lowest BCUT2D eigenvalue weighted by molar-refractivity contribution is 0.281. The number of aliphatic hydroxyl groups excluding tert-OH is 1. The maximum atomic E-state index is 12.2. The lowest BCUT2D eigenvalue weighted by Crippen LogP contribution is -2.37. The van der Waals surface area contributed by atoms with Gasteiger partial charge >= 0.3 is 5.69 Å². The molecular formula is C14H14N4O3. The van der Waals surface area contributed by atoms with E-state index in [-0.39, 0.29) is 17.8 Å². The first-order chi connectivity index (χ1) is 9.93. The molecule has 0 aliphatic heterocycles. The van der Waals surface area contributed by atoms with E-state index in [2.05, 4.69) is 9.97 Å².